The molecule has 0 atom stereocenters. The predicted octanol–water partition coefficient (Wildman–Crippen LogP) is 1.37. The molecule has 6 nitrogen and oxygen atoms in total. The fourth-order valence-corrected chi connectivity index (χ4v) is 2.46. The van der Waals surface area contributed by atoms with Crippen molar-refractivity contribution in [3.63, 3.8) is 0 Å². The van der Waals surface area contributed by atoms with Crippen LogP contribution in [-0.2, 0) is 12.4 Å². The molecule has 0 saturated carbocycles. The number of rotatable bonds is 2. The molecule has 2 aliphatic heterocycles. The van der Waals surface area contributed by atoms with Gasteiger partial charge >= 0.3 is 29.6 Å². The van der Waals surface area contributed by atoms with E-state index in [4.69, 9.17) is 49.0 Å². The number of hydrogen-bond donors (Lipinski definition) is 0. The summed E-state index contributed by atoms with van der Waals surface area (Å²) in [7, 11) is 0. The Morgan fingerprint density at radius 1 is 0.893 bits per heavy atom. The second-order valence-corrected chi connectivity index (χ2v) is 5.34. The SMILES string of the molecule is Fc1cc(CCl)cc2c1OCO2.[C-]#N.[C-]#[N+]Cc1cc(F)c2c(c1)OCO2.[Na+]. The maximum absolute atomic E-state index is 13.2. The van der Waals surface area contributed by atoms with Crippen LogP contribution in [0.2, 0.25) is 0 Å². The molecular formula is C18H12ClF2N2NaO4. The van der Waals surface area contributed by atoms with E-state index in [0.717, 1.165) is 0 Å². The zero-order valence-electron chi connectivity index (χ0n) is 14.8. The summed E-state index contributed by atoms with van der Waals surface area (Å²) >= 11 is 5.54. The molecule has 0 unspecified atom stereocenters. The predicted molar refractivity (Wildman–Crippen MR) is 89.9 cm³/mol. The number of ether oxygens (including phenoxy) is 4. The molecule has 0 spiro atoms. The van der Waals surface area contributed by atoms with Crippen LogP contribution in [0.25, 0.3) is 4.85 Å². The molecule has 0 fully saturated rings. The maximum Gasteiger partial charge on any atom is 1.00 e. The van der Waals surface area contributed by atoms with E-state index < -0.39 is 11.6 Å². The fourth-order valence-electron chi connectivity index (χ4n) is 2.30. The van der Waals surface area contributed by atoms with Crippen molar-refractivity contribution in [2.75, 3.05) is 13.6 Å². The van der Waals surface area contributed by atoms with Crippen LogP contribution in [0.15, 0.2) is 24.3 Å². The van der Waals surface area contributed by atoms with Crippen molar-refractivity contribution in [3.8, 4) is 23.0 Å². The molecule has 140 valence electrons. The Morgan fingerprint density at radius 3 is 1.82 bits per heavy atom. The van der Waals surface area contributed by atoms with Gasteiger partial charge in [0.1, 0.15) is 0 Å². The number of fused-ring (bicyclic) bond motifs is 2. The summed E-state index contributed by atoms with van der Waals surface area (Å²) < 4.78 is 46.0. The molecule has 2 aliphatic rings. The average molecular weight is 417 g/mol. The van der Waals surface area contributed by atoms with Gasteiger partial charge in [0.15, 0.2) is 23.1 Å². The summed E-state index contributed by atoms with van der Waals surface area (Å²) in [5, 5.41) is 6.25. The molecule has 2 aromatic carbocycles. The monoisotopic (exact) mass is 416 g/mol. The van der Waals surface area contributed by atoms with Gasteiger partial charge in [-0.3, -0.25) is 0 Å². The van der Waals surface area contributed by atoms with Crippen molar-refractivity contribution in [1.82, 2.24) is 0 Å². The fraction of sp³-hybridized carbons (Fsp3) is 0.222. The molecule has 0 saturated heterocycles. The number of nitrogens with zero attached hydrogens (tertiary/aromatic N) is 2. The van der Waals surface area contributed by atoms with Gasteiger partial charge < -0.3 is 35.6 Å². The summed E-state index contributed by atoms with van der Waals surface area (Å²) in [6.45, 7) is 11.7. The number of alkyl halides is 1. The molecule has 0 bridgehead atoms. The van der Waals surface area contributed by atoms with Gasteiger partial charge in [-0.15, -0.1) is 11.6 Å². The zero-order valence-corrected chi connectivity index (χ0v) is 17.6. The van der Waals surface area contributed by atoms with Gasteiger partial charge in [0.05, 0.1) is 0 Å². The third kappa shape index (κ3) is 5.63. The van der Waals surface area contributed by atoms with Crippen LogP contribution in [0, 0.1) is 30.0 Å². The summed E-state index contributed by atoms with van der Waals surface area (Å²) in [4.78, 5) is 3.16. The molecule has 0 radical (unpaired) electrons. The Balaban J connectivity index is 0.000000250. The first kappa shape index (κ1) is 23.8. The van der Waals surface area contributed by atoms with Gasteiger partial charge in [0, 0.05) is 11.4 Å². The first-order valence-corrected chi connectivity index (χ1v) is 7.93. The quantitative estimate of drug-likeness (QED) is 0.420. The Labute approximate surface area is 187 Å². The maximum atomic E-state index is 13.2. The van der Waals surface area contributed by atoms with Crippen LogP contribution in [0.4, 0.5) is 8.78 Å². The largest absolute Gasteiger partial charge is 1.00 e. The van der Waals surface area contributed by atoms with Crippen LogP contribution >= 0.6 is 11.6 Å². The molecule has 10 heteroatoms. The van der Waals surface area contributed by atoms with Crippen molar-refractivity contribution in [1.29, 1.82) is 5.26 Å². The van der Waals surface area contributed by atoms with Crippen LogP contribution in [0.1, 0.15) is 11.1 Å². The van der Waals surface area contributed by atoms with Gasteiger partial charge in [-0.05, 0) is 29.8 Å². The van der Waals surface area contributed by atoms with E-state index in [-0.39, 0.29) is 67.1 Å². The topological polar surface area (TPSA) is 65.1 Å². The van der Waals surface area contributed by atoms with Gasteiger partial charge in [-0.2, -0.15) is 0 Å². The van der Waals surface area contributed by atoms with E-state index in [1.54, 1.807) is 12.1 Å². The normalized spacial score (nSPS) is 11.7. The third-order valence-corrected chi connectivity index (χ3v) is 3.70. The summed E-state index contributed by atoms with van der Waals surface area (Å²) in [6, 6.07) is 5.95. The van der Waals surface area contributed by atoms with Crippen LogP contribution in [0.3, 0.4) is 0 Å². The molecule has 4 rings (SSSR count). The van der Waals surface area contributed by atoms with Gasteiger partial charge in [-0.1, -0.05) is 0 Å². The molecular weight excluding hydrogens is 405 g/mol. The van der Waals surface area contributed by atoms with E-state index >= 15 is 0 Å². The van der Waals surface area contributed by atoms with Gasteiger partial charge in [0.25, 0.3) is 0 Å². The minimum absolute atomic E-state index is 0. The molecule has 28 heavy (non-hydrogen) atoms. The van der Waals surface area contributed by atoms with Crippen molar-refractivity contribution in [2.45, 2.75) is 12.4 Å². The molecule has 0 aromatic heterocycles. The smallest absolute Gasteiger partial charge is 0.512 e. The second-order valence-electron chi connectivity index (χ2n) is 5.07. The second kappa shape index (κ2) is 11.6. The molecule has 2 heterocycles. The molecule has 0 aliphatic carbocycles. The summed E-state index contributed by atoms with van der Waals surface area (Å²) in [5.74, 6) is 0.546. The number of halogens is 3. The Morgan fingerprint density at radius 2 is 1.36 bits per heavy atom. The van der Waals surface area contributed by atoms with Crippen molar-refractivity contribution in [2.24, 2.45) is 0 Å². The Bertz CT molecular complexity index is 890. The van der Waals surface area contributed by atoms with Crippen LogP contribution in [-0.4, -0.2) is 13.6 Å². The minimum atomic E-state index is -0.464. The zero-order chi connectivity index (χ0) is 19.8. The summed E-state index contributed by atoms with van der Waals surface area (Å²) in [5.41, 5.74) is 1.30. The van der Waals surface area contributed by atoms with E-state index in [2.05, 4.69) is 4.85 Å². The average Bonchev–Trinajstić information content (AvgIpc) is 3.33. The van der Waals surface area contributed by atoms with Crippen LogP contribution < -0.4 is 48.5 Å². The molecule has 0 N–H and O–H groups in total. The number of hydrogen-bond acceptors (Lipinski definition) is 5. The van der Waals surface area contributed by atoms with Crippen molar-refractivity contribution in [3.05, 3.63) is 65.0 Å². The van der Waals surface area contributed by atoms with Gasteiger partial charge in [-0.25, -0.2) is 15.4 Å². The van der Waals surface area contributed by atoms with E-state index in [9.17, 15) is 8.78 Å². The van der Waals surface area contributed by atoms with Gasteiger partial charge in [0.2, 0.25) is 31.6 Å². The van der Waals surface area contributed by atoms with Crippen molar-refractivity contribution >= 4 is 11.6 Å². The van der Waals surface area contributed by atoms with E-state index in [1.165, 1.54) is 12.1 Å². The molecule has 0 amide bonds. The third-order valence-electron chi connectivity index (χ3n) is 3.39. The van der Waals surface area contributed by atoms with E-state index in [1.807, 2.05) is 0 Å². The van der Waals surface area contributed by atoms with Crippen LogP contribution in [0.5, 0.6) is 23.0 Å². The Kier molecular flexibility index (Phi) is 9.84. The first-order chi connectivity index (χ1) is 13.1. The number of benzene rings is 2. The summed E-state index contributed by atoms with van der Waals surface area (Å²) in [6.07, 6.45) is 0. The minimum Gasteiger partial charge on any atom is -0.512 e. The Hall–Kier alpha value is -2.23. The van der Waals surface area contributed by atoms with Crippen molar-refractivity contribution < 1.29 is 57.3 Å². The standard InChI is InChI=1S/C9H6FNO2.C8H6ClFO2.CN.Na/c1-11-4-6-2-7(10)9-8(3-6)12-5-13-9;9-3-5-1-6(10)8-7(2-5)11-4-12-8;1-2;/h2-3H,4-5H2;1-2H,3-4H2;;/q;;-1;+1. The van der Waals surface area contributed by atoms with E-state index in [0.29, 0.717) is 22.6 Å². The first-order valence-electron chi connectivity index (χ1n) is 7.40. The molecule has 2 aromatic rings.